The van der Waals surface area contributed by atoms with Gasteiger partial charge in [0.2, 0.25) is 0 Å². The summed E-state index contributed by atoms with van der Waals surface area (Å²) >= 11 is 5.09. The van der Waals surface area contributed by atoms with Crippen LogP contribution in [0, 0.1) is 0 Å². The number of rotatable bonds is 3. The van der Waals surface area contributed by atoms with Crippen LogP contribution in [0.2, 0.25) is 0 Å². The Hall–Kier alpha value is -2.34. The fourth-order valence-corrected chi connectivity index (χ4v) is 2.79. The zero-order chi connectivity index (χ0) is 16.1. The molecule has 0 spiro atoms. The SMILES string of the molecule is CNC(=S)Nc1ccc(N2CCN(c3ccccc3)CC2)nc1. The van der Waals surface area contributed by atoms with Crippen molar-refractivity contribution in [1.29, 1.82) is 0 Å². The van der Waals surface area contributed by atoms with E-state index in [4.69, 9.17) is 12.2 Å². The molecule has 1 aromatic heterocycles. The number of para-hydroxylation sites is 1. The van der Waals surface area contributed by atoms with Gasteiger partial charge in [0.25, 0.3) is 0 Å². The molecule has 23 heavy (non-hydrogen) atoms. The van der Waals surface area contributed by atoms with Crippen molar-refractivity contribution in [3.63, 3.8) is 0 Å². The topological polar surface area (TPSA) is 43.4 Å². The first-order valence-electron chi connectivity index (χ1n) is 7.76. The average molecular weight is 327 g/mol. The van der Waals surface area contributed by atoms with Gasteiger partial charge in [-0.3, -0.25) is 0 Å². The minimum absolute atomic E-state index is 0.594. The quantitative estimate of drug-likeness (QED) is 0.844. The zero-order valence-corrected chi connectivity index (χ0v) is 14.0. The van der Waals surface area contributed by atoms with Gasteiger partial charge in [0.15, 0.2) is 5.11 Å². The fourth-order valence-electron chi connectivity index (χ4n) is 2.67. The molecule has 2 aromatic rings. The lowest BCUT2D eigenvalue weighted by atomic mass is 10.2. The summed E-state index contributed by atoms with van der Waals surface area (Å²) in [5.41, 5.74) is 2.19. The first-order chi connectivity index (χ1) is 11.3. The standard InChI is InChI=1S/C17H21N5S/c1-18-17(23)20-14-7-8-16(19-13-14)22-11-9-21(10-12-22)15-5-3-2-4-6-15/h2-8,13H,9-12H2,1H3,(H2,18,20,23). The zero-order valence-electron chi connectivity index (χ0n) is 13.2. The summed E-state index contributed by atoms with van der Waals surface area (Å²) in [7, 11) is 1.79. The molecule has 2 heterocycles. The molecule has 0 amide bonds. The second-order valence-corrected chi connectivity index (χ2v) is 5.83. The van der Waals surface area contributed by atoms with Crippen molar-refractivity contribution in [1.82, 2.24) is 10.3 Å². The number of benzene rings is 1. The van der Waals surface area contributed by atoms with Gasteiger partial charge in [-0.25, -0.2) is 4.98 Å². The van der Waals surface area contributed by atoms with Gasteiger partial charge in [-0.05, 0) is 36.5 Å². The van der Waals surface area contributed by atoms with Crippen molar-refractivity contribution >= 4 is 34.5 Å². The van der Waals surface area contributed by atoms with Crippen LogP contribution >= 0.6 is 12.2 Å². The van der Waals surface area contributed by atoms with E-state index in [-0.39, 0.29) is 0 Å². The van der Waals surface area contributed by atoms with Crippen LogP contribution in [-0.4, -0.2) is 43.3 Å². The van der Waals surface area contributed by atoms with E-state index in [2.05, 4.69) is 55.7 Å². The van der Waals surface area contributed by atoms with Crippen LogP contribution in [0.25, 0.3) is 0 Å². The van der Waals surface area contributed by atoms with E-state index in [9.17, 15) is 0 Å². The highest BCUT2D eigenvalue weighted by atomic mass is 32.1. The Morgan fingerprint density at radius 2 is 1.70 bits per heavy atom. The Bertz CT molecular complexity index is 636. The first-order valence-corrected chi connectivity index (χ1v) is 8.17. The molecule has 3 rings (SSSR count). The third-order valence-electron chi connectivity index (χ3n) is 3.96. The van der Waals surface area contributed by atoms with Gasteiger partial charge < -0.3 is 20.4 Å². The molecule has 0 aliphatic carbocycles. The summed E-state index contributed by atoms with van der Waals surface area (Å²) in [6.45, 7) is 3.97. The van der Waals surface area contributed by atoms with Crippen molar-refractivity contribution in [2.45, 2.75) is 0 Å². The fraction of sp³-hybridized carbons (Fsp3) is 0.294. The number of nitrogens with one attached hydrogen (secondary N) is 2. The van der Waals surface area contributed by atoms with E-state index in [1.54, 1.807) is 7.05 Å². The van der Waals surface area contributed by atoms with E-state index < -0.39 is 0 Å². The minimum atomic E-state index is 0.594. The maximum absolute atomic E-state index is 5.09. The van der Waals surface area contributed by atoms with Crippen LogP contribution in [0.15, 0.2) is 48.7 Å². The van der Waals surface area contributed by atoms with Crippen molar-refractivity contribution in [3.8, 4) is 0 Å². The molecular formula is C17H21N5S. The van der Waals surface area contributed by atoms with E-state index in [1.807, 2.05) is 18.3 Å². The van der Waals surface area contributed by atoms with Crippen molar-refractivity contribution in [2.75, 3.05) is 48.3 Å². The number of nitrogens with zero attached hydrogens (tertiary/aromatic N) is 3. The summed E-state index contributed by atoms with van der Waals surface area (Å²) in [5, 5.41) is 6.56. The summed E-state index contributed by atoms with van der Waals surface area (Å²) in [5.74, 6) is 1.01. The number of pyridine rings is 1. The molecule has 1 aliphatic rings. The third-order valence-corrected chi connectivity index (χ3v) is 4.26. The first kappa shape index (κ1) is 15.6. The van der Waals surface area contributed by atoms with Crippen molar-refractivity contribution in [3.05, 3.63) is 48.7 Å². The number of anilines is 3. The van der Waals surface area contributed by atoms with Gasteiger partial charge in [0.1, 0.15) is 5.82 Å². The molecule has 0 saturated carbocycles. The summed E-state index contributed by atoms with van der Waals surface area (Å²) < 4.78 is 0. The molecule has 1 aliphatic heterocycles. The lowest BCUT2D eigenvalue weighted by Crippen LogP contribution is -2.46. The van der Waals surface area contributed by atoms with Gasteiger partial charge in [-0.1, -0.05) is 18.2 Å². The van der Waals surface area contributed by atoms with Crippen LogP contribution in [0.4, 0.5) is 17.2 Å². The summed E-state index contributed by atoms with van der Waals surface area (Å²) in [4.78, 5) is 9.28. The molecule has 1 fully saturated rings. The van der Waals surface area contributed by atoms with Gasteiger partial charge in [-0.2, -0.15) is 0 Å². The molecule has 0 atom stereocenters. The van der Waals surface area contributed by atoms with Crippen LogP contribution < -0.4 is 20.4 Å². The highest BCUT2D eigenvalue weighted by Crippen LogP contribution is 2.19. The molecule has 1 aromatic carbocycles. The lowest BCUT2D eigenvalue weighted by molar-refractivity contribution is 0.647. The molecule has 0 bridgehead atoms. The number of piperazine rings is 1. The Morgan fingerprint density at radius 3 is 2.30 bits per heavy atom. The number of hydrogen-bond donors (Lipinski definition) is 2. The maximum atomic E-state index is 5.09. The smallest absolute Gasteiger partial charge is 0.170 e. The normalized spacial score (nSPS) is 14.5. The Morgan fingerprint density at radius 1 is 1.00 bits per heavy atom. The monoisotopic (exact) mass is 327 g/mol. The molecule has 2 N–H and O–H groups in total. The van der Waals surface area contributed by atoms with Gasteiger partial charge >= 0.3 is 0 Å². The van der Waals surface area contributed by atoms with Gasteiger partial charge in [0.05, 0.1) is 11.9 Å². The average Bonchev–Trinajstić information content (AvgIpc) is 2.63. The van der Waals surface area contributed by atoms with Crippen LogP contribution in [0.3, 0.4) is 0 Å². The van der Waals surface area contributed by atoms with Crippen molar-refractivity contribution in [2.24, 2.45) is 0 Å². The van der Waals surface area contributed by atoms with Gasteiger partial charge in [-0.15, -0.1) is 0 Å². The second-order valence-electron chi connectivity index (χ2n) is 5.42. The maximum Gasteiger partial charge on any atom is 0.170 e. The van der Waals surface area contributed by atoms with E-state index in [0.29, 0.717) is 5.11 Å². The molecule has 120 valence electrons. The Kier molecular flexibility index (Phi) is 4.92. The van der Waals surface area contributed by atoms with E-state index in [0.717, 1.165) is 37.7 Å². The second kappa shape index (κ2) is 7.28. The predicted octanol–water partition coefficient (Wildman–Crippen LogP) is 2.32. The van der Waals surface area contributed by atoms with Crippen molar-refractivity contribution < 1.29 is 0 Å². The Labute approximate surface area is 142 Å². The summed E-state index contributed by atoms with van der Waals surface area (Å²) in [6, 6.07) is 14.6. The van der Waals surface area contributed by atoms with Crippen LogP contribution in [-0.2, 0) is 0 Å². The Balaban J connectivity index is 1.58. The third kappa shape index (κ3) is 3.90. The van der Waals surface area contributed by atoms with Gasteiger partial charge in [0, 0.05) is 38.9 Å². The largest absolute Gasteiger partial charge is 0.368 e. The highest BCUT2D eigenvalue weighted by Gasteiger charge is 2.18. The summed E-state index contributed by atoms with van der Waals surface area (Å²) in [6.07, 6.45) is 1.82. The minimum Gasteiger partial charge on any atom is -0.368 e. The van der Waals surface area contributed by atoms with E-state index in [1.165, 1.54) is 5.69 Å². The van der Waals surface area contributed by atoms with E-state index >= 15 is 0 Å². The highest BCUT2D eigenvalue weighted by molar-refractivity contribution is 7.80. The molecule has 0 radical (unpaired) electrons. The number of hydrogen-bond acceptors (Lipinski definition) is 4. The lowest BCUT2D eigenvalue weighted by Gasteiger charge is -2.36. The molecule has 5 nitrogen and oxygen atoms in total. The number of aromatic nitrogens is 1. The molecule has 0 unspecified atom stereocenters. The molecule has 6 heteroatoms. The van der Waals surface area contributed by atoms with Crippen LogP contribution in [0.5, 0.6) is 0 Å². The van der Waals surface area contributed by atoms with Crippen LogP contribution in [0.1, 0.15) is 0 Å². The number of thiocarbonyl (C=S) groups is 1. The predicted molar refractivity (Wildman–Crippen MR) is 100 cm³/mol. The molecule has 1 saturated heterocycles. The molecular weight excluding hydrogens is 306 g/mol.